The molecule has 0 aromatic carbocycles. The molecule has 4 nitrogen and oxygen atoms in total. The van der Waals surface area contributed by atoms with E-state index >= 15 is 0 Å². The molecule has 2 rings (SSSR count). The minimum Gasteiger partial charge on any atom is -0.378 e. The van der Waals surface area contributed by atoms with Crippen LogP contribution in [0.2, 0.25) is 0 Å². The van der Waals surface area contributed by atoms with Gasteiger partial charge >= 0.3 is 0 Å². The summed E-state index contributed by atoms with van der Waals surface area (Å²) >= 11 is 0. The lowest BCUT2D eigenvalue weighted by atomic mass is 9.54. The quantitative estimate of drug-likeness (QED) is 0.819. The number of carbonyl (C=O) groups is 1. The Hall–Kier alpha value is -0.610. The standard InChI is InChI=1S/C17H32N2O2/c1-5-21-14-10-17(18,16(14,3)4)15(20)19-11-13-8-6-7-12(2)9-13/h12-14H,5-11,18H2,1-4H3,(H,19,20). The molecule has 0 bridgehead atoms. The number of hydrogen-bond acceptors (Lipinski definition) is 3. The van der Waals surface area contributed by atoms with Crippen molar-refractivity contribution in [2.24, 2.45) is 23.0 Å². The summed E-state index contributed by atoms with van der Waals surface area (Å²) < 4.78 is 5.69. The van der Waals surface area contributed by atoms with E-state index in [1.54, 1.807) is 0 Å². The molecule has 0 radical (unpaired) electrons. The Kier molecular flexibility index (Phi) is 4.99. The Morgan fingerprint density at radius 2 is 2.10 bits per heavy atom. The first-order valence-electron chi connectivity index (χ1n) is 8.50. The molecular formula is C17H32N2O2. The molecule has 1 amide bonds. The molecule has 0 saturated heterocycles. The number of carbonyl (C=O) groups excluding carboxylic acids is 1. The Balaban J connectivity index is 1.86. The highest BCUT2D eigenvalue weighted by Gasteiger charge is 2.62. The number of amides is 1. The largest absolute Gasteiger partial charge is 0.378 e. The van der Waals surface area contributed by atoms with E-state index in [1.807, 2.05) is 20.8 Å². The van der Waals surface area contributed by atoms with Gasteiger partial charge in [0, 0.05) is 25.0 Å². The van der Waals surface area contributed by atoms with Crippen molar-refractivity contribution in [1.82, 2.24) is 5.32 Å². The summed E-state index contributed by atoms with van der Waals surface area (Å²) in [5.41, 5.74) is 5.31. The zero-order valence-electron chi connectivity index (χ0n) is 14.1. The van der Waals surface area contributed by atoms with Gasteiger partial charge in [-0.3, -0.25) is 4.79 Å². The molecule has 0 heterocycles. The summed E-state index contributed by atoms with van der Waals surface area (Å²) in [6.45, 7) is 9.82. The van der Waals surface area contributed by atoms with E-state index in [1.165, 1.54) is 25.7 Å². The van der Waals surface area contributed by atoms with Crippen molar-refractivity contribution in [2.45, 2.75) is 71.4 Å². The molecule has 0 spiro atoms. The van der Waals surface area contributed by atoms with Gasteiger partial charge in [0.2, 0.25) is 5.91 Å². The van der Waals surface area contributed by atoms with E-state index in [-0.39, 0.29) is 17.4 Å². The fraction of sp³-hybridized carbons (Fsp3) is 0.941. The van der Waals surface area contributed by atoms with Crippen LogP contribution >= 0.6 is 0 Å². The SMILES string of the molecule is CCOC1CC(N)(C(=O)NCC2CCCC(C)C2)C1(C)C. The van der Waals surface area contributed by atoms with Crippen molar-refractivity contribution >= 4 is 5.91 Å². The highest BCUT2D eigenvalue weighted by atomic mass is 16.5. The lowest BCUT2D eigenvalue weighted by molar-refractivity contribution is -0.170. The van der Waals surface area contributed by atoms with Crippen LogP contribution in [-0.2, 0) is 9.53 Å². The molecule has 0 aromatic rings. The second-order valence-corrected chi connectivity index (χ2v) is 7.69. The van der Waals surface area contributed by atoms with Crippen molar-refractivity contribution in [1.29, 1.82) is 0 Å². The summed E-state index contributed by atoms with van der Waals surface area (Å²) in [6, 6.07) is 0. The second kappa shape index (κ2) is 6.25. The lowest BCUT2D eigenvalue weighted by Gasteiger charge is -2.57. The first-order valence-corrected chi connectivity index (χ1v) is 8.50. The number of nitrogens with one attached hydrogen (secondary N) is 1. The van der Waals surface area contributed by atoms with Crippen LogP contribution < -0.4 is 11.1 Å². The van der Waals surface area contributed by atoms with Gasteiger partial charge in [-0.15, -0.1) is 0 Å². The zero-order valence-corrected chi connectivity index (χ0v) is 14.1. The minimum atomic E-state index is -0.785. The Bertz CT molecular complexity index is 383. The third-order valence-electron chi connectivity index (χ3n) is 5.83. The van der Waals surface area contributed by atoms with Gasteiger partial charge in [0.05, 0.1) is 6.10 Å². The summed E-state index contributed by atoms with van der Waals surface area (Å²) in [4.78, 5) is 12.5. The van der Waals surface area contributed by atoms with E-state index in [0.717, 1.165) is 12.5 Å². The summed E-state index contributed by atoms with van der Waals surface area (Å²) in [5, 5.41) is 3.11. The van der Waals surface area contributed by atoms with Crippen molar-refractivity contribution in [3.8, 4) is 0 Å². The number of rotatable bonds is 5. The number of ether oxygens (including phenoxy) is 1. The van der Waals surface area contributed by atoms with E-state index in [9.17, 15) is 4.79 Å². The first kappa shape index (κ1) is 16.8. The molecule has 2 aliphatic rings. The highest BCUT2D eigenvalue weighted by Crippen LogP contribution is 2.49. The number of hydrogen-bond donors (Lipinski definition) is 2. The molecule has 3 N–H and O–H groups in total. The van der Waals surface area contributed by atoms with Crippen LogP contribution in [0.3, 0.4) is 0 Å². The average Bonchev–Trinajstić information content (AvgIpc) is 2.44. The van der Waals surface area contributed by atoms with Crippen molar-refractivity contribution in [2.75, 3.05) is 13.2 Å². The van der Waals surface area contributed by atoms with Gasteiger partial charge in [0.15, 0.2) is 0 Å². The highest BCUT2D eigenvalue weighted by molar-refractivity contribution is 5.88. The Morgan fingerprint density at radius 1 is 1.38 bits per heavy atom. The molecule has 122 valence electrons. The van der Waals surface area contributed by atoms with Crippen molar-refractivity contribution in [3.63, 3.8) is 0 Å². The topological polar surface area (TPSA) is 64.3 Å². The fourth-order valence-electron chi connectivity index (χ4n) is 3.96. The average molecular weight is 296 g/mol. The Morgan fingerprint density at radius 3 is 2.67 bits per heavy atom. The maximum Gasteiger partial charge on any atom is 0.240 e. The minimum absolute atomic E-state index is 0.00156. The van der Waals surface area contributed by atoms with E-state index in [4.69, 9.17) is 10.5 Å². The third kappa shape index (κ3) is 3.11. The van der Waals surface area contributed by atoms with Crippen LogP contribution in [0.5, 0.6) is 0 Å². The first-order chi connectivity index (χ1) is 9.81. The van der Waals surface area contributed by atoms with Gasteiger partial charge in [0.1, 0.15) is 5.54 Å². The molecular weight excluding hydrogens is 264 g/mol. The molecule has 2 aliphatic carbocycles. The molecule has 0 aromatic heterocycles. The van der Waals surface area contributed by atoms with Crippen LogP contribution in [0.15, 0.2) is 0 Å². The monoisotopic (exact) mass is 296 g/mol. The molecule has 4 heteroatoms. The van der Waals surface area contributed by atoms with Crippen LogP contribution in [0.25, 0.3) is 0 Å². The van der Waals surface area contributed by atoms with Crippen LogP contribution in [0.1, 0.15) is 59.8 Å². The zero-order chi connectivity index (χ0) is 15.7. The second-order valence-electron chi connectivity index (χ2n) is 7.69. The van der Waals surface area contributed by atoms with Gasteiger partial charge in [-0.2, -0.15) is 0 Å². The van der Waals surface area contributed by atoms with Crippen LogP contribution in [0.4, 0.5) is 0 Å². The smallest absolute Gasteiger partial charge is 0.240 e. The lowest BCUT2D eigenvalue weighted by Crippen LogP contribution is -2.75. The molecule has 2 fully saturated rings. The fourth-order valence-corrected chi connectivity index (χ4v) is 3.96. The molecule has 2 saturated carbocycles. The third-order valence-corrected chi connectivity index (χ3v) is 5.83. The van der Waals surface area contributed by atoms with E-state index in [2.05, 4.69) is 12.2 Å². The molecule has 21 heavy (non-hydrogen) atoms. The molecule has 4 atom stereocenters. The summed E-state index contributed by atoms with van der Waals surface area (Å²) in [7, 11) is 0. The predicted molar refractivity (Wildman–Crippen MR) is 84.9 cm³/mol. The molecule has 4 unspecified atom stereocenters. The molecule has 0 aliphatic heterocycles. The summed E-state index contributed by atoms with van der Waals surface area (Å²) in [5.74, 6) is 1.41. The van der Waals surface area contributed by atoms with Gasteiger partial charge in [0.25, 0.3) is 0 Å². The van der Waals surface area contributed by atoms with Gasteiger partial charge in [-0.1, -0.05) is 33.6 Å². The maximum atomic E-state index is 12.5. The van der Waals surface area contributed by atoms with E-state index < -0.39 is 5.54 Å². The Labute approximate surface area is 129 Å². The van der Waals surface area contributed by atoms with Crippen molar-refractivity contribution < 1.29 is 9.53 Å². The number of nitrogens with two attached hydrogens (primary N) is 1. The van der Waals surface area contributed by atoms with Gasteiger partial charge in [-0.05, 0) is 31.6 Å². The van der Waals surface area contributed by atoms with Crippen molar-refractivity contribution in [3.05, 3.63) is 0 Å². The van der Waals surface area contributed by atoms with Crippen LogP contribution in [0, 0.1) is 17.3 Å². The van der Waals surface area contributed by atoms with Gasteiger partial charge < -0.3 is 15.8 Å². The van der Waals surface area contributed by atoms with Gasteiger partial charge in [-0.25, -0.2) is 0 Å². The van der Waals surface area contributed by atoms with E-state index in [0.29, 0.717) is 18.9 Å². The predicted octanol–water partition coefficient (Wildman–Crippen LogP) is 2.46. The normalized spacial score (nSPS) is 38.6. The van der Waals surface area contributed by atoms with Crippen LogP contribution in [-0.4, -0.2) is 30.7 Å². The maximum absolute atomic E-state index is 12.5. The summed E-state index contributed by atoms with van der Waals surface area (Å²) in [6.07, 6.45) is 5.78.